The van der Waals surface area contributed by atoms with E-state index in [1.165, 1.54) is 6.07 Å². The van der Waals surface area contributed by atoms with Crippen molar-refractivity contribution in [3.8, 4) is 0 Å². The van der Waals surface area contributed by atoms with E-state index < -0.39 is 0 Å². The van der Waals surface area contributed by atoms with Crippen LogP contribution in [0, 0.1) is 12.7 Å². The fourth-order valence-corrected chi connectivity index (χ4v) is 3.24. The zero-order valence-electron chi connectivity index (χ0n) is 11.5. The Kier molecular flexibility index (Phi) is 4.99. The number of nitrogens with one attached hydrogen (secondary N) is 1. The molecule has 1 aromatic carbocycles. The number of aryl methyl sites for hydroxylation is 2. The quantitative estimate of drug-likeness (QED) is 0.837. The van der Waals surface area contributed by atoms with Gasteiger partial charge in [0.2, 0.25) is 0 Å². The maximum Gasteiger partial charge on any atom is 0.124 e. The topological polar surface area (TPSA) is 29.9 Å². The van der Waals surface area contributed by atoms with Crippen LogP contribution in [0.1, 0.15) is 23.0 Å². The zero-order chi connectivity index (χ0) is 14.9. The molecule has 0 bridgehead atoms. The first-order valence-electron chi connectivity index (χ1n) is 6.23. The summed E-state index contributed by atoms with van der Waals surface area (Å²) in [7, 11) is 3.79. The molecule has 20 heavy (non-hydrogen) atoms. The van der Waals surface area contributed by atoms with Crippen LogP contribution in [0.4, 0.5) is 4.39 Å². The van der Waals surface area contributed by atoms with E-state index in [2.05, 4.69) is 42.3 Å². The molecule has 0 saturated carbocycles. The van der Waals surface area contributed by atoms with Gasteiger partial charge in [-0.1, -0.05) is 15.9 Å². The number of rotatable bonds is 4. The van der Waals surface area contributed by atoms with Crippen molar-refractivity contribution in [2.24, 2.45) is 7.05 Å². The molecular weight excluding hydrogens is 389 g/mol. The highest BCUT2D eigenvalue weighted by Gasteiger charge is 2.18. The van der Waals surface area contributed by atoms with Gasteiger partial charge in [-0.25, -0.2) is 4.39 Å². The Morgan fingerprint density at radius 3 is 2.55 bits per heavy atom. The summed E-state index contributed by atoms with van der Waals surface area (Å²) in [4.78, 5) is 0. The Hall–Kier alpha value is -0.720. The van der Waals surface area contributed by atoms with Crippen LogP contribution in [0.3, 0.4) is 0 Å². The molecule has 6 heteroatoms. The normalized spacial score (nSPS) is 12.7. The third-order valence-corrected chi connectivity index (χ3v) is 4.78. The number of benzene rings is 1. The Morgan fingerprint density at radius 2 is 2.05 bits per heavy atom. The van der Waals surface area contributed by atoms with Crippen LogP contribution in [0.2, 0.25) is 0 Å². The molecule has 2 aromatic rings. The van der Waals surface area contributed by atoms with Crippen molar-refractivity contribution in [2.45, 2.75) is 19.4 Å². The molecule has 1 aromatic heterocycles. The van der Waals surface area contributed by atoms with E-state index in [1.54, 1.807) is 6.07 Å². The summed E-state index contributed by atoms with van der Waals surface area (Å²) in [6.07, 6.45) is 0.727. The van der Waals surface area contributed by atoms with Gasteiger partial charge in [-0.3, -0.25) is 4.68 Å². The number of likely N-dealkylation sites (N-methyl/N-ethyl adjacent to an activating group) is 1. The van der Waals surface area contributed by atoms with Crippen LogP contribution >= 0.6 is 31.9 Å². The molecule has 108 valence electrons. The van der Waals surface area contributed by atoms with E-state index in [4.69, 9.17) is 0 Å². The van der Waals surface area contributed by atoms with E-state index in [1.807, 2.05) is 31.8 Å². The van der Waals surface area contributed by atoms with Gasteiger partial charge in [-0.05, 0) is 53.7 Å². The summed E-state index contributed by atoms with van der Waals surface area (Å²) < 4.78 is 17.2. The van der Waals surface area contributed by atoms with Gasteiger partial charge in [0.05, 0.1) is 15.9 Å². The van der Waals surface area contributed by atoms with Crippen molar-refractivity contribution < 1.29 is 4.39 Å². The molecule has 0 spiro atoms. The second kappa shape index (κ2) is 6.37. The molecule has 0 radical (unpaired) electrons. The van der Waals surface area contributed by atoms with Crippen molar-refractivity contribution in [1.29, 1.82) is 0 Å². The summed E-state index contributed by atoms with van der Waals surface area (Å²) in [6, 6.07) is 4.97. The van der Waals surface area contributed by atoms with Crippen LogP contribution in [-0.4, -0.2) is 16.8 Å². The van der Waals surface area contributed by atoms with Gasteiger partial charge in [0.15, 0.2) is 0 Å². The fourth-order valence-electron chi connectivity index (χ4n) is 2.26. The van der Waals surface area contributed by atoms with Crippen molar-refractivity contribution in [3.63, 3.8) is 0 Å². The molecule has 1 unspecified atom stereocenters. The average molecular weight is 405 g/mol. The summed E-state index contributed by atoms with van der Waals surface area (Å²) in [6.45, 7) is 1.96. The lowest BCUT2D eigenvalue weighted by atomic mass is 10.0. The van der Waals surface area contributed by atoms with Gasteiger partial charge in [-0.15, -0.1) is 0 Å². The monoisotopic (exact) mass is 403 g/mol. The van der Waals surface area contributed by atoms with Crippen LogP contribution < -0.4 is 5.32 Å². The molecule has 0 saturated heterocycles. The highest BCUT2D eigenvalue weighted by Crippen LogP contribution is 2.27. The van der Waals surface area contributed by atoms with Gasteiger partial charge in [0, 0.05) is 24.0 Å². The zero-order valence-corrected chi connectivity index (χ0v) is 14.7. The minimum absolute atomic E-state index is 0.0214. The van der Waals surface area contributed by atoms with Gasteiger partial charge in [0.25, 0.3) is 0 Å². The molecule has 0 aliphatic rings. The first-order chi connectivity index (χ1) is 9.42. The SMILES string of the molecule is CNC(Cc1c(Br)c(C)nn1C)c1cc(F)cc(Br)c1. The molecular formula is C14H16Br2FN3. The van der Waals surface area contributed by atoms with E-state index in [-0.39, 0.29) is 11.9 Å². The second-order valence-corrected chi connectivity index (χ2v) is 6.43. The fraction of sp³-hybridized carbons (Fsp3) is 0.357. The highest BCUT2D eigenvalue weighted by atomic mass is 79.9. The van der Waals surface area contributed by atoms with Crippen LogP contribution in [0.5, 0.6) is 0 Å². The van der Waals surface area contributed by atoms with Gasteiger partial charge < -0.3 is 5.32 Å². The van der Waals surface area contributed by atoms with E-state index >= 15 is 0 Å². The lowest BCUT2D eigenvalue weighted by Crippen LogP contribution is -2.20. The lowest BCUT2D eigenvalue weighted by molar-refractivity contribution is 0.552. The highest BCUT2D eigenvalue weighted by molar-refractivity contribution is 9.10. The third kappa shape index (κ3) is 3.30. The van der Waals surface area contributed by atoms with E-state index in [0.717, 1.165) is 32.3 Å². The molecule has 0 amide bonds. The Balaban J connectivity index is 2.33. The Morgan fingerprint density at radius 1 is 1.35 bits per heavy atom. The molecule has 3 nitrogen and oxygen atoms in total. The molecule has 0 aliphatic heterocycles. The molecule has 0 aliphatic carbocycles. The van der Waals surface area contributed by atoms with Crippen molar-refractivity contribution in [3.05, 3.63) is 49.9 Å². The second-order valence-electron chi connectivity index (χ2n) is 4.72. The maximum absolute atomic E-state index is 13.5. The number of hydrogen-bond acceptors (Lipinski definition) is 2. The lowest BCUT2D eigenvalue weighted by Gasteiger charge is -2.17. The standard InChI is InChI=1S/C14H16Br2FN3/c1-8-14(16)13(20(3)19-8)7-12(18-2)9-4-10(15)6-11(17)5-9/h4-6,12,18H,7H2,1-3H3. The summed E-state index contributed by atoms with van der Waals surface area (Å²) >= 11 is 6.90. The summed E-state index contributed by atoms with van der Waals surface area (Å²) in [5, 5.41) is 7.62. The van der Waals surface area contributed by atoms with Gasteiger partial charge in [-0.2, -0.15) is 5.10 Å². The molecule has 0 fully saturated rings. The van der Waals surface area contributed by atoms with Crippen molar-refractivity contribution in [1.82, 2.24) is 15.1 Å². The third-order valence-electron chi connectivity index (χ3n) is 3.29. The molecule has 1 heterocycles. The Bertz CT molecular complexity index is 605. The van der Waals surface area contributed by atoms with E-state index in [9.17, 15) is 4.39 Å². The largest absolute Gasteiger partial charge is 0.313 e. The number of aromatic nitrogens is 2. The predicted octanol–water partition coefficient (Wildman–Crippen LogP) is 3.90. The van der Waals surface area contributed by atoms with Crippen LogP contribution in [0.25, 0.3) is 0 Å². The number of halogens is 3. The van der Waals surface area contributed by atoms with Crippen molar-refractivity contribution >= 4 is 31.9 Å². The van der Waals surface area contributed by atoms with Gasteiger partial charge in [0.1, 0.15) is 5.82 Å². The number of nitrogens with zero attached hydrogens (tertiary/aromatic N) is 2. The smallest absolute Gasteiger partial charge is 0.124 e. The average Bonchev–Trinajstić information content (AvgIpc) is 2.60. The first-order valence-corrected chi connectivity index (χ1v) is 7.82. The molecule has 1 N–H and O–H groups in total. The van der Waals surface area contributed by atoms with Crippen molar-refractivity contribution in [2.75, 3.05) is 7.05 Å². The summed E-state index contributed by atoms with van der Waals surface area (Å²) in [5.41, 5.74) is 2.95. The van der Waals surface area contributed by atoms with Gasteiger partial charge >= 0.3 is 0 Å². The minimum Gasteiger partial charge on any atom is -0.313 e. The molecule has 2 rings (SSSR count). The maximum atomic E-state index is 13.5. The van der Waals surface area contributed by atoms with Crippen LogP contribution in [0.15, 0.2) is 27.1 Å². The summed E-state index contributed by atoms with van der Waals surface area (Å²) in [5.74, 6) is -0.241. The van der Waals surface area contributed by atoms with E-state index in [0.29, 0.717) is 0 Å². The van der Waals surface area contributed by atoms with Crippen LogP contribution in [-0.2, 0) is 13.5 Å². The number of hydrogen-bond donors (Lipinski definition) is 1. The predicted molar refractivity (Wildman–Crippen MR) is 85.2 cm³/mol. The molecule has 1 atom stereocenters. The first kappa shape index (κ1) is 15.7. The Labute approximate surface area is 134 Å². The minimum atomic E-state index is -0.241.